The summed E-state index contributed by atoms with van der Waals surface area (Å²) in [7, 11) is 1.75. The van der Waals surface area contributed by atoms with Crippen LogP contribution in [0.4, 0.5) is 4.39 Å². The predicted molar refractivity (Wildman–Crippen MR) is 91.4 cm³/mol. The van der Waals surface area contributed by atoms with E-state index in [9.17, 15) is 4.39 Å². The lowest BCUT2D eigenvalue weighted by Crippen LogP contribution is -2.47. The van der Waals surface area contributed by atoms with Crippen LogP contribution in [0.5, 0.6) is 0 Å². The summed E-state index contributed by atoms with van der Waals surface area (Å²) < 4.78 is 18.9. The van der Waals surface area contributed by atoms with E-state index in [1.54, 1.807) is 13.1 Å². The molecule has 0 aliphatic carbocycles. The van der Waals surface area contributed by atoms with Gasteiger partial charge in [-0.15, -0.1) is 24.0 Å². The lowest BCUT2D eigenvalue weighted by molar-refractivity contribution is 0.0992. The van der Waals surface area contributed by atoms with Crippen LogP contribution in [0.25, 0.3) is 0 Å². The smallest absolute Gasteiger partial charge is 0.191 e. The Bertz CT molecular complexity index is 511. The van der Waals surface area contributed by atoms with Crippen molar-refractivity contribution >= 4 is 29.9 Å². The zero-order valence-electron chi connectivity index (χ0n) is 12.0. The first kappa shape index (κ1) is 16.5. The highest BCUT2D eigenvalue weighted by molar-refractivity contribution is 14.0. The largest absolute Gasteiger partial charge is 0.373 e. The molecule has 0 saturated carbocycles. The summed E-state index contributed by atoms with van der Waals surface area (Å²) in [5.41, 5.74) is 0.900. The van der Waals surface area contributed by atoms with E-state index in [2.05, 4.69) is 15.6 Å². The number of nitrogens with zero attached hydrogens (tertiary/aromatic N) is 1. The highest BCUT2D eigenvalue weighted by atomic mass is 127. The number of halogens is 2. The van der Waals surface area contributed by atoms with Gasteiger partial charge < -0.3 is 15.4 Å². The van der Waals surface area contributed by atoms with Gasteiger partial charge in [0.1, 0.15) is 5.82 Å². The van der Waals surface area contributed by atoms with E-state index in [1.807, 2.05) is 6.07 Å². The molecule has 2 aliphatic heterocycles. The molecule has 0 amide bonds. The number of aliphatic imine (C=N–C) groups is 1. The fourth-order valence-electron chi connectivity index (χ4n) is 2.99. The number of hydrogen-bond donors (Lipinski definition) is 2. The van der Waals surface area contributed by atoms with Crippen LogP contribution in [-0.4, -0.2) is 31.3 Å². The summed E-state index contributed by atoms with van der Waals surface area (Å²) in [4.78, 5) is 4.22. The number of ether oxygens (including phenoxy) is 1. The van der Waals surface area contributed by atoms with E-state index >= 15 is 0 Å². The summed E-state index contributed by atoms with van der Waals surface area (Å²) in [6.45, 7) is 0.555. The van der Waals surface area contributed by atoms with Crippen molar-refractivity contribution in [2.24, 2.45) is 4.99 Å². The third kappa shape index (κ3) is 4.06. The highest BCUT2D eigenvalue weighted by Crippen LogP contribution is 2.34. The summed E-state index contributed by atoms with van der Waals surface area (Å²) in [5.74, 6) is 0.532. The first-order chi connectivity index (χ1) is 9.74. The quantitative estimate of drug-likeness (QED) is 0.462. The van der Waals surface area contributed by atoms with Crippen LogP contribution in [0.1, 0.15) is 24.8 Å². The molecule has 21 heavy (non-hydrogen) atoms. The van der Waals surface area contributed by atoms with Crippen molar-refractivity contribution in [1.29, 1.82) is 0 Å². The SMILES string of the molecule is CN=C(NCc1cccc(F)c1)NC1CC2CCC1O2.I. The lowest BCUT2D eigenvalue weighted by atomic mass is 9.96. The summed E-state index contributed by atoms with van der Waals surface area (Å²) in [5, 5.41) is 6.62. The molecule has 3 atom stereocenters. The number of rotatable bonds is 3. The van der Waals surface area contributed by atoms with E-state index in [1.165, 1.54) is 18.6 Å². The van der Waals surface area contributed by atoms with Crippen LogP contribution in [0.3, 0.4) is 0 Å². The van der Waals surface area contributed by atoms with E-state index < -0.39 is 0 Å². The van der Waals surface area contributed by atoms with Crippen molar-refractivity contribution in [2.45, 2.75) is 44.1 Å². The van der Waals surface area contributed by atoms with Crippen molar-refractivity contribution in [3.63, 3.8) is 0 Å². The minimum absolute atomic E-state index is 0. The molecule has 0 radical (unpaired) electrons. The van der Waals surface area contributed by atoms with Crippen molar-refractivity contribution in [1.82, 2.24) is 10.6 Å². The van der Waals surface area contributed by atoms with Gasteiger partial charge in [-0.3, -0.25) is 4.99 Å². The van der Waals surface area contributed by atoms with Gasteiger partial charge in [0.2, 0.25) is 0 Å². The Morgan fingerprint density at radius 3 is 2.90 bits per heavy atom. The molecule has 3 rings (SSSR count). The lowest BCUT2D eigenvalue weighted by Gasteiger charge is -2.22. The zero-order valence-corrected chi connectivity index (χ0v) is 14.3. The van der Waals surface area contributed by atoms with Gasteiger partial charge in [0.05, 0.1) is 18.2 Å². The molecule has 4 nitrogen and oxygen atoms in total. The normalized spacial score (nSPS) is 27.3. The molecular formula is C15H21FIN3O. The molecule has 2 aliphatic rings. The molecule has 2 fully saturated rings. The molecular weight excluding hydrogens is 384 g/mol. The number of nitrogens with one attached hydrogen (secondary N) is 2. The first-order valence-electron chi connectivity index (χ1n) is 7.11. The molecule has 116 valence electrons. The van der Waals surface area contributed by atoms with Crippen molar-refractivity contribution in [3.8, 4) is 0 Å². The van der Waals surface area contributed by atoms with Gasteiger partial charge in [-0.05, 0) is 37.0 Å². The molecule has 2 bridgehead atoms. The summed E-state index contributed by atoms with van der Waals surface area (Å²) in [6, 6.07) is 6.92. The second kappa shape index (κ2) is 7.40. The van der Waals surface area contributed by atoms with Crippen LogP contribution >= 0.6 is 24.0 Å². The Labute approximate surface area is 141 Å². The second-order valence-electron chi connectivity index (χ2n) is 5.42. The maximum absolute atomic E-state index is 13.1. The molecule has 1 aromatic rings. The zero-order chi connectivity index (χ0) is 13.9. The van der Waals surface area contributed by atoms with Crippen LogP contribution in [0.2, 0.25) is 0 Å². The van der Waals surface area contributed by atoms with E-state index in [0.29, 0.717) is 24.8 Å². The van der Waals surface area contributed by atoms with Gasteiger partial charge >= 0.3 is 0 Å². The highest BCUT2D eigenvalue weighted by Gasteiger charge is 2.41. The maximum Gasteiger partial charge on any atom is 0.191 e. The van der Waals surface area contributed by atoms with Gasteiger partial charge in [0.25, 0.3) is 0 Å². The van der Waals surface area contributed by atoms with Crippen LogP contribution in [0, 0.1) is 5.82 Å². The van der Waals surface area contributed by atoms with E-state index in [4.69, 9.17) is 4.74 Å². The van der Waals surface area contributed by atoms with Crippen LogP contribution in [-0.2, 0) is 11.3 Å². The van der Waals surface area contributed by atoms with Gasteiger partial charge in [-0.25, -0.2) is 4.39 Å². The topological polar surface area (TPSA) is 45.7 Å². The third-order valence-electron chi connectivity index (χ3n) is 4.00. The molecule has 2 heterocycles. The fraction of sp³-hybridized carbons (Fsp3) is 0.533. The molecule has 6 heteroatoms. The molecule has 0 spiro atoms. The van der Waals surface area contributed by atoms with E-state index in [-0.39, 0.29) is 29.8 Å². The Morgan fingerprint density at radius 2 is 2.29 bits per heavy atom. The monoisotopic (exact) mass is 405 g/mol. The van der Waals surface area contributed by atoms with E-state index in [0.717, 1.165) is 24.4 Å². The number of benzene rings is 1. The first-order valence-corrected chi connectivity index (χ1v) is 7.11. The van der Waals surface area contributed by atoms with Gasteiger partial charge in [-0.2, -0.15) is 0 Å². The Morgan fingerprint density at radius 1 is 1.43 bits per heavy atom. The van der Waals surface area contributed by atoms with Crippen molar-refractivity contribution in [3.05, 3.63) is 35.6 Å². The van der Waals surface area contributed by atoms with Crippen molar-refractivity contribution in [2.75, 3.05) is 7.05 Å². The summed E-state index contributed by atoms with van der Waals surface area (Å²) >= 11 is 0. The standard InChI is InChI=1S/C15H20FN3O.HI/c1-17-15(18-9-10-3-2-4-11(16)7-10)19-13-8-12-5-6-14(13)20-12;/h2-4,7,12-14H,5-6,8-9H2,1H3,(H2,17,18,19);1H. The maximum atomic E-state index is 13.1. The van der Waals surface area contributed by atoms with Gasteiger partial charge in [0.15, 0.2) is 5.96 Å². The number of hydrogen-bond acceptors (Lipinski definition) is 2. The van der Waals surface area contributed by atoms with Crippen molar-refractivity contribution < 1.29 is 9.13 Å². The van der Waals surface area contributed by atoms with Gasteiger partial charge in [-0.1, -0.05) is 12.1 Å². The Hall–Kier alpha value is -0.890. The average Bonchev–Trinajstić information content (AvgIpc) is 3.06. The molecule has 2 saturated heterocycles. The minimum Gasteiger partial charge on any atom is -0.373 e. The second-order valence-corrected chi connectivity index (χ2v) is 5.42. The van der Waals surface area contributed by atoms with Gasteiger partial charge in [0, 0.05) is 13.6 Å². The molecule has 0 aromatic heterocycles. The Kier molecular flexibility index (Phi) is 5.80. The average molecular weight is 405 g/mol. The molecule has 1 aromatic carbocycles. The fourth-order valence-corrected chi connectivity index (χ4v) is 2.99. The third-order valence-corrected chi connectivity index (χ3v) is 4.00. The number of fused-ring (bicyclic) bond motifs is 2. The molecule has 3 unspecified atom stereocenters. The molecule has 2 N–H and O–H groups in total. The van der Waals surface area contributed by atoms with Crippen LogP contribution in [0.15, 0.2) is 29.3 Å². The predicted octanol–water partition coefficient (Wildman–Crippen LogP) is 2.43. The Balaban J connectivity index is 0.00000161. The number of guanidine groups is 1. The van der Waals surface area contributed by atoms with Crippen LogP contribution < -0.4 is 10.6 Å². The minimum atomic E-state index is -0.214. The summed E-state index contributed by atoms with van der Waals surface area (Å²) in [6.07, 6.45) is 4.08.